The van der Waals surface area contributed by atoms with Crippen LogP contribution in [0.4, 0.5) is 5.82 Å². The number of carbonyl (C=O) groups excluding carboxylic acids is 1. The van der Waals surface area contributed by atoms with Crippen LogP contribution in [0.5, 0.6) is 11.5 Å². The molecule has 0 fully saturated rings. The summed E-state index contributed by atoms with van der Waals surface area (Å²) >= 11 is 0. The molecule has 4 aromatic rings. The van der Waals surface area contributed by atoms with Crippen molar-refractivity contribution in [1.29, 1.82) is 0 Å². The number of aromatic nitrogens is 3. The molecule has 33 heavy (non-hydrogen) atoms. The lowest BCUT2D eigenvalue weighted by molar-refractivity contribution is -0.121. The molecule has 0 unspecified atom stereocenters. The summed E-state index contributed by atoms with van der Waals surface area (Å²) in [5.41, 5.74) is 3.77. The number of rotatable bonds is 8. The second-order valence-electron chi connectivity index (χ2n) is 7.62. The molecule has 0 bridgehead atoms. The molecule has 9 heteroatoms. The minimum Gasteiger partial charge on any atom is -0.454 e. The van der Waals surface area contributed by atoms with Gasteiger partial charge in [-0.3, -0.25) is 9.48 Å². The summed E-state index contributed by atoms with van der Waals surface area (Å²) in [5, 5.41) is 11.1. The van der Waals surface area contributed by atoms with Gasteiger partial charge in [0.1, 0.15) is 12.3 Å². The van der Waals surface area contributed by atoms with Crippen LogP contribution in [0, 0.1) is 6.92 Å². The first-order chi connectivity index (χ1) is 16.1. The molecule has 1 aliphatic rings. The first-order valence-electron chi connectivity index (χ1n) is 10.5. The third-order valence-electron chi connectivity index (χ3n) is 5.20. The number of hydrogen-bond acceptors (Lipinski definition) is 7. The number of nitrogens with one attached hydrogen (secondary N) is 1. The Morgan fingerprint density at radius 1 is 1.12 bits per heavy atom. The van der Waals surface area contributed by atoms with Crippen LogP contribution in [0.15, 0.2) is 65.3 Å². The van der Waals surface area contributed by atoms with E-state index in [1.54, 1.807) is 16.8 Å². The van der Waals surface area contributed by atoms with E-state index >= 15 is 0 Å². The maximum Gasteiger partial charge on any atom is 0.251 e. The van der Waals surface area contributed by atoms with Crippen molar-refractivity contribution in [1.82, 2.24) is 14.9 Å². The second kappa shape index (κ2) is 9.17. The lowest BCUT2D eigenvalue weighted by atomic mass is 10.1. The Hall–Kier alpha value is -4.11. The third-order valence-corrected chi connectivity index (χ3v) is 5.20. The minimum atomic E-state index is -0.296. The molecule has 1 aliphatic heterocycles. The van der Waals surface area contributed by atoms with Crippen LogP contribution in [-0.4, -0.2) is 34.2 Å². The minimum absolute atomic E-state index is 0.128. The van der Waals surface area contributed by atoms with Gasteiger partial charge in [0.2, 0.25) is 6.79 Å². The van der Waals surface area contributed by atoms with Gasteiger partial charge in [0.15, 0.2) is 23.1 Å². The summed E-state index contributed by atoms with van der Waals surface area (Å²) in [4.78, 5) is 12.2. The monoisotopic (exact) mass is 446 g/mol. The molecule has 3 heterocycles. The molecule has 2 aromatic carbocycles. The Labute approximate surface area is 189 Å². The van der Waals surface area contributed by atoms with Crippen LogP contribution < -0.4 is 14.8 Å². The van der Waals surface area contributed by atoms with Crippen LogP contribution in [0.2, 0.25) is 0 Å². The van der Waals surface area contributed by atoms with Crippen molar-refractivity contribution < 1.29 is 23.5 Å². The fraction of sp³-hybridized carbons (Fsp3) is 0.208. The largest absolute Gasteiger partial charge is 0.454 e. The number of anilines is 1. The van der Waals surface area contributed by atoms with Gasteiger partial charge >= 0.3 is 0 Å². The fourth-order valence-electron chi connectivity index (χ4n) is 3.47. The molecule has 5 rings (SSSR count). The molecular formula is C24H22N4O5. The zero-order valence-corrected chi connectivity index (χ0v) is 18.0. The van der Waals surface area contributed by atoms with E-state index in [0.29, 0.717) is 35.3 Å². The summed E-state index contributed by atoms with van der Waals surface area (Å²) in [6, 6.07) is 17.2. The van der Waals surface area contributed by atoms with E-state index in [-0.39, 0.29) is 25.9 Å². The standard InChI is InChI=1S/C24H22N4O5/c1-16-4-2-3-5-18(16)12-28-9-8-23(26-28)25-24(29)14-30-13-19-11-21(33-27-19)17-6-7-20-22(10-17)32-15-31-20/h2-11H,12-15H2,1H3,(H,25,26,29). The van der Waals surface area contributed by atoms with Gasteiger partial charge in [-0.2, -0.15) is 5.10 Å². The molecule has 1 amide bonds. The van der Waals surface area contributed by atoms with Crippen LogP contribution in [0.3, 0.4) is 0 Å². The zero-order valence-electron chi connectivity index (χ0n) is 18.0. The Morgan fingerprint density at radius 2 is 2.00 bits per heavy atom. The summed E-state index contributed by atoms with van der Waals surface area (Å²) in [6.45, 7) is 2.92. The number of benzene rings is 2. The van der Waals surface area contributed by atoms with Gasteiger partial charge in [-0.1, -0.05) is 29.4 Å². The van der Waals surface area contributed by atoms with E-state index in [2.05, 4.69) is 34.6 Å². The number of hydrogen-bond donors (Lipinski definition) is 1. The predicted molar refractivity (Wildman–Crippen MR) is 119 cm³/mol. The molecule has 0 atom stereocenters. The smallest absolute Gasteiger partial charge is 0.251 e. The molecule has 0 spiro atoms. The van der Waals surface area contributed by atoms with Crippen LogP contribution in [0.25, 0.3) is 11.3 Å². The van der Waals surface area contributed by atoms with Gasteiger partial charge in [0.25, 0.3) is 5.91 Å². The maximum atomic E-state index is 12.2. The maximum absolute atomic E-state index is 12.2. The lowest BCUT2D eigenvalue weighted by Crippen LogP contribution is -2.18. The highest BCUT2D eigenvalue weighted by Crippen LogP contribution is 2.36. The van der Waals surface area contributed by atoms with E-state index in [0.717, 1.165) is 5.56 Å². The molecule has 9 nitrogen and oxygen atoms in total. The Kier molecular flexibility index (Phi) is 5.77. The highest BCUT2D eigenvalue weighted by atomic mass is 16.7. The number of amides is 1. The van der Waals surface area contributed by atoms with E-state index in [1.165, 1.54) is 11.1 Å². The van der Waals surface area contributed by atoms with Crippen molar-refractivity contribution >= 4 is 11.7 Å². The number of aryl methyl sites for hydroxylation is 1. The Morgan fingerprint density at radius 3 is 2.91 bits per heavy atom. The topological polar surface area (TPSA) is 101 Å². The van der Waals surface area contributed by atoms with Crippen LogP contribution in [0.1, 0.15) is 16.8 Å². The van der Waals surface area contributed by atoms with Gasteiger partial charge < -0.3 is 24.1 Å². The molecular weight excluding hydrogens is 424 g/mol. The van der Waals surface area contributed by atoms with Gasteiger partial charge in [0.05, 0.1) is 13.2 Å². The summed E-state index contributed by atoms with van der Waals surface area (Å²) in [7, 11) is 0. The highest BCUT2D eigenvalue weighted by Gasteiger charge is 2.16. The number of nitrogens with zero attached hydrogens (tertiary/aromatic N) is 3. The third kappa shape index (κ3) is 4.88. The van der Waals surface area contributed by atoms with Crippen molar-refractivity contribution in [2.75, 3.05) is 18.7 Å². The second-order valence-corrected chi connectivity index (χ2v) is 7.62. The van der Waals surface area contributed by atoms with E-state index in [4.69, 9.17) is 18.7 Å². The van der Waals surface area contributed by atoms with Crippen LogP contribution in [-0.2, 0) is 22.7 Å². The van der Waals surface area contributed by atoms with Crippen LogP contribution >= 0.6 is 0 Å². The molecule has 2 aromatic heterocycles. The lowest BCUT2D eigenvalue weighted by Gasteiger charge is -2.06. The Balaban J connectivity index is 1.10. The highest BCUT2D eigenvalue weighted by molar-refractivity contribution is 5.90. The molecule has 0 aliphatic carbocycles. The predicted octanol–water partition coefficient (Wildman–Crippen LogP) is 3.78. The van der Waals surface area contributed by atoms with Gasteiger partial charge in [0, 0.05) is 23.9 Å². The summed E-state index contributed by atoms with van der Waals surface area (Å²) in [6.07, 6.45) is 1.83. The van der Waals surface area contributed by atoms with Gasteiger partial charge in [-0.05, 0) is 36.2 Å². The average molecular weight is 446 g/mol. The number of carbonyl (C=O) groups is 1. The molecule has 0 saturated heterocycles. The first-order valence-corrected chi connectivity index (χ1v) is 10.5. The van der Waals surface area contributed by atoms with Crippen molar-refractivity contribution in [2.45, 2.75) is 20.1 Å². The number of ether oxygens (including phenoxy) is 3. The molecule has 168 valence electrons. The van der Waals surface area contributed by atoms with Crippen molar-refractivity contribution in [3.63, 3.8) is 0 Å². The van der Waals surface area contributed by atoms with E-state index in [1.807, 2.05) is 36.5 Å². The summed E-state index contributed by atoms with van der Waals surface area (Å²) < 4.78 is 23.3. The normalized spacial score (nSPS) is 12.2. The fourth-order valence-corrected chi connectivity index (χ4v) is 3.47. The van der Waals surface area contributed by atoms with E-state index < -0.39 is 0 Å². The van der Waals surface area contributed by atoms with Gasteiger partial charge in [-0.25, -0.2) is 0 Å². The SMILES string of the molecule is Cc1ccccc1Cn1ccc(NC(=O)COCc2cc(-c3ccc4c(c3)OCO4)on2)n1. The average Bonchev–Trinajstić information content (AvgIpc) is 3.56. The van der Waals surface area contributed by atoms with Crippen molar-refractivity contribution in [2.24, 2.45) is 0 Å². The zero-order chi connectivity index (χ0) is 22.6. The van der Waals surface area contributed by atoms with Gasteiger partial charge in [-0.15, -0.1) is 0 Å². The van der Waals surface area contributed by atoms with Crippen molar-refractivity contribution in [3.05, 3.63) is 77.6 Å². The first kappa shape index (κ1) is 20.8. The summed E-state index contributed by atoms with van der Waals surface area (Å²) in [5.74, 6) is 2.13. The molecule has 0 radical (unpaired) electrons. The quantitative estimate of drug-likeness (QED) is 0.440. The number of fused-ring (bicyclic) bond motifs is 1. The molecule has 1 N–H and O–H groups in total. The Bertz CT molecular complexity index is 1280. The molecule has 0 saturated carbocycles. The van der Waals surface area contributed by atoms with E-state index in [9.17, 15) is 4.79 Å². The van der Waals surface area contributed by atoms with Crippen molar-refractivity contribution in [3.8, 4) is 22.8 Å².